The number of nitrogens with zero attached hydrogens (tertiary/aromatic N) is 5. The lowest BCUT2D eigenvalue weighted by Gasteiger charge is -2.16. The van der Waals surface area contributed by atoms with Gasteiger partial charge in [0.1, 0.15) is 0 Å². The van der Waals surface area contributed by atoms with E-state index in [9.17, 15) is 0 Å². The van der Waals surface area contributed by atoms with Crippen LogP contribution in [0.4, 0.5) is 0 Å². The minimum absolute atomic E-state index is 0.624. The molecule has 15 rings (SSSR count). The van der Waals surface area contributed by atoms with Gasteiger partial charge in [-0.1, -0.05) is 243 Å². The lowest BCUT2D eigenvalue weighted by atomic mass is 9.87. The van der Waals surface area contributed by atoms with Crippen molar-refractivity contribution in [3.8, 4) is 90.3 Å². The van der Waals surface area contributed by atoms with Crippen LogP contribution >= 0.6 is 0 Å². The van der Waals surface area contributed by atoms with E-state index in [1.54, 1.807) is 0 Å². The van der Waals surface area contributed by atoms with Crippen LogP contribution in [-0.2, 0) is 0 Å². The van der Waals surface area contributed by atoms with Crippen LogP contribution in [0.1, 0.15) is 0 Å². The molecular weight excluding hydrogens is 947 g/mol. The minimum Gasteiger partial charge on any atom is -0.228 e. The number of rotatable bonds is 8. The quantitative estimate of drug-likeness (QED) is 0.142. The van der Waals surface area contributed by atoms with Crippen LogP contribution in [-0.4, -0.2) is 24.9 Å². The van der Waals surface area contributed by atoms with Gasteiger partial charge in [-0.3, -0.25) is 0 Å². The van der Waals surface area contributed by atoms with Crippen molar-refractivity contribution in [2.75, 3.05) is 0 Å². The zero-order chi connectivity index (χ0) is 51.5. The van der Waals surface area contributed by atoms with E-state index < -0.39 is 0 Å². The highest BCUT2D eigenvalue weighted by atomic mass is 15.0. The second-order valence-electron chi connectivity index (χ2n) is 19.9. The zero-order valence-electron chi connectivity index (χ0n) is 42.2. The van der Waals surface area contributed by atoms with Crippen LogP contribution in [0.5, 0.6) is 0 Å². The fourth-order valence-electron chi connectivity index (χ4n) is 11.6. The van der Waals surface area contributed by atoms with E-state index in [2.05, 4.69) is 194 Å². The molecule has 15 aromatic rings. The summed E-state index contributed by atoms with van der Waals surface area (Å²) in [5.74, 6) is 2.58. The maximum absolute atomic E-state index is 5.32. The molecule has 2 aromatic heterocycles. The van der Waals surface area contributed by atoms with E-state index >= 15 is 0 Å². The molecule has 0 N–H and O–H groups in total. The van der Waals surface area contributed by atoms with Gasteiger partial charge in [-0.2, -0.15) is 0 Å². The van der Waals surface area contributed by atoms with E-state index in [-0.39, 0.29) is 0 Å². The maximum Gasteiger partial charge on any atom is 0.164 e. The van der Waals surface area contributed by atoms with E-state index in [1.807, 2.05) is 78.9 Å². The number of aromatic nitrogens is 5. The average Bonchev–Trinajstić information content (AvgIpc) is 3.68. The summed E-state index contributed by atoms with van der Waals surface area (Å²) in [6.07, 6.45) is 0. The van der Waals surface area contributed by atoms with E-state index in [1.165, 1.54) is 64.6 Å². The lowest BCUT2D eigenvalue weighted by Crippen LogP contribution is -2.00. The van der Waals surface area contributed by atoms with Crippen molar-refractivity contribution in [1.29, 1.82) is 0 Å². The number of hydrogen-bond acceptors (Lipinski definition) is 5. The largest absolute Gasteiger partial charge is 0.228 e. The Hall–Kier alpha value is -10.5. The molecule has 5 heteroatoms. The first-order valence-corrected chi connectivity index (χ1v) is 26.4. The Bertz CT molecular complexity index is 4750. The molecule has 0 radical (unpaired) electrons. The van der Waals surface area contributed by atoms with Crippen molar-refractivity contribution >= 4 is 64.6 Å². The maximum atomic E-state index is 5.32. The molecule has 2 heterocycles. The second-order valence-corrected chi connectivity index (χ2v) is 19.9. The monoisotopic (exact) mass is 991 g/mol. The fraction of sp³-hybridized carbons (Fsp3) is 0. The number of benzene rings is 13. The summed E-state index contributed by atoms with van der Waals surface area (Å²) in [4.78, 5) is 25.7. The molecular formula is C73H45N5. The van der Waals surface area contributed by atoms with Crippen LogP contribution in [0.15, 0.2) is 273 Å². The highest BCUT2D eigenvalue weighted by Gasteiger charge is 2.19. The minimum atomic E-state index is 0.624. The molecule has 0 saturated carbocycles. The van der Waals surface area contributed by atoms with Gasteiger partial charge in [0.15, 0.2) is 23.3 Å². The molecule has 0 amide bonds. The molecule has 0 aliphatic rings. The third kappa shape index (κ3) is 7.84. The summed E-state index contributed by atoms with van der Waals surface area (Å²) in [5.41, 5.74) is 12.0. The Morgan fingerprint density at radius 3 is 1.06 bits per heavy atom. The van der Waals surface area contributed by atoms with E-state index in [0.717, 1.165) is 67.0 Å². The smallest absolute Gasteiger partial charge is 0.164 e. The molecule has 5 nitrogen and oxygen atoms in total. The molecule has 0 aliphatic heterocycles. The van der Waals surface area contributed by atoms with Crippen molar-refractivity contribution in [2.24, 2.45) is 0 Å². The molecule has 0 saturated heterocycles. The van der Waals surface area contributed by atoms with Crippen LogP contribution < -0.4 is 0 Å². The van der Waals surface area contributed by atoms with Crippen molar-refractivity contribution in [3.05, 3.63) is 273 Å². The van der Waals surface area contributed by atoms with Crippen molar-refractivity contribution < 1.29 is 0 Å². The third-order valence-corrected chi connectivity index (χ3v) is 15.3. The van der Waals surface area contributed by atoms with Gasteiger partial charge in [0.25, 0.3) is 0 Å². The fourth-order valence-corrected chi connectivity index (χ4v) is 11.6. The Labute approximate surface area is 450 Å². The molecule has 0 unspecified atom stereocenters. The van der Waals surface area contributed by atoms with Crippen LogP contribution in [0.25, 0.3) is 155 Å². The van der Waals surface area contributed by atoms with Crippen molar-refractivity contribution in [2.45, 2.75) is 0 Å². The summed E-state index contributed by atoms with van der Waals surface area (Å²) in [5, 5.41) is 14.6. The van der Waals surface area contributed by atoms with E-state index in [4.69, 9.17) is 24.9 Å². The molecule has 0 spiro atoms. The first-order chi connectivity index (χ1) is 38.6. The van der Waals surface area contributed by atoms with Gasteiger partial charge in [-0.15, -0.1) is 0 Å². The number of fused-ring (bicyclic) bond motifs is 12. The summed E-state index contributed by atoms with van der Waals surface area (Å²) in [6.45, 7) is 0. The molecule has 0 bridgehead atoms. The first-order valence-electron chi connectivity index (χ1n) is 26.4. The molecule has 0 atom stereocenters. The highest BCUT2D eigenvalue weighted by Crippen LogP contribution is 2.43. The highest BCUT2D eigenvalue weighted by molar-refractivity contribution is 6.29. The Balaban J connectivity index is 0.858. The summed E-state index contributed by atoms with van der Waals surface area (Å²) in [6, 6.07) is 96.8. The average molecular weight is 992 g/mol. The van der Waals surface area contributed by atoms with Crippen molar-refractivity contribution in [1.82, 2.24) is 24.9 Å². The summed E-state index contributed by atoms with van der Waals surface area (Å²) in [7, 11) is 0. The zero-order valence-corrected chi connectivity index (χ0v) is 42.2. The number of hydrogen-bond donors (Lipinski definition) is 0. The second kappa shape index (κ2) is 18.7. The van der Waals surface area contributed by atoms with Gasteiger partial charge in [-0.25, -0.2) is 24.9 Å². The molecule has 13 aromatic carbocycles. The van der Waals surface area contributed by atoms with Gasteiger partial charge < -0.3 is 0 Å². The van der Waals surface area contributed by atoms with Crippen LogP contribution in [0.2, 0.25) is 0 Å². The topological polar surface area (TPSA) is 64.5 Å². The predicted molar refractivity (Wildman–Crippen MR) is 324 cm³/mol. The standard InChI is InChI=1S/C73H45N5/c1-4-19-46(20-5-1)70-74-67(45-68(75-70)53-38-39-62-58-31-11-10-29-56(58)57-30-12-14-33-60(57)65(62)44-53)52-27-17-26-51(42-52)55-35-18-36-63-59-32-13-15-34-61(59)66-43-50(37-40-64(66)69(55)63)49-25-16-28-54(41-49)73-77-71(47-21-6-2-7-22-47)76-72(78-73)48-23-8-3-9-24-48/h1-45H. The van der Waals surface area contributed by atoms with Gasteiger partial charge >= 0.3 is 0 Å². The predicted octanol–water partition coefficient (Wildman–Crippen LogP) is 18.9. The van der Waals surface area contributed by atoms with E-state index in [0.29, 0.717) is 23.3 Å². The van der Waals surface area contributed by atoms with Crippen LogP contribution in [0, 0.1) is 0 Å². The van der Waals surface area contributed by atoms with Gasteiger partial charge in [0.2, 0.25) is 0 Å². The molecule has 78 heavy (non-hydrogen) atoms. The summed E-state index contributed by atoms with van der Waals surface area (Å²) >= 11 is 0. The Kier molecular flexibility index (Phi) is 10.8. The molecule has 0 fully saturated rings. The Morgan fingerprint density at radius 2 is 0.487 bits per heavy atom. The Morgan fingerprint density at radius 1 is 0.167 bits per heavy atom. The van der Waals surface area contributed by atoms with Crippen LogP contribution in [0.3, 0.4) is 0 Å². The van der Waals surface area contributed by atoms with Gasteiger partial charge in [-0.05, 0) is 117 Å². The van der Waals surface area contributed by atoms with Gasteiger partial charge in [0, 0.05) is 33.4 Å². The molecule has 0 aliphatic carbocycles. The summed E-state index contributed by atoms with van der Waals surface area (Å²) < 4.78 is 0. The lowest BCUT2D eigenvalue weighted by molar-refractivity contribution is 1.07. The third-order valence-electron chi connectivity index (χ3n) is 15.3. The first kappa shape index (κ1) is 44.9. The normalized spacial score (nSPS) is 11.6. The SMILES string of the molecule is c1ccc(-c2nc(-c3cccc(-c4cccc5c6ccccc6c6cc(-c7cccc(-c8nc(-c9ccccc9)nc(-c9ccccc9)n8)c7)ccc6c45)c3)cc(-c3ccc4c5ccccc5c5ccccc5c4c3)n2)cc1. The molecule has 362 valence electrons. The van der Waals surface area contributed by atoms with Crippen molar-refractivity contribution in [3.63, 3.8) is 0 Å². The van der Waals surface area contributed by atoms with Gasteiger partial charge in [0.05, 0.1) is 11.4 Å².